The Labute approximate surface area is 255 Å². The van der Waals surface area contributed by atoms with Crippen molar-refractivity contribution in [3.8, 4) is 11.5 Å². The van der Waals surface area contributed by atoms with Gasteiger partial charge in [-0.1, -0.05) is 26.3 Å². The Morgan fingerprint density at radius 2 is 1.70 bits per heavy atom. The van der Waals surface area contributed by atoms with E-state index in [4.69, 9.17) is 20.7 Å². The Kier molecular flexibility index (Phi) is 17.1. The number of nitrogens with two attached hydrogens (primary N) is 1. The van der Waals surface area contributed by atoms with Crippen molar-refractivity contribution >= 4 is 41.4 Å². The first kappa shape index (κ1) is 37.5. The van der Waals surface area contributed by atoms with Crippen molar-refractivity contribution in [3.63, 3.8) is 0 Å². The summed E-state index contributed by atoms with van der Waals surface area (Å²) >= 11 is 1.25. The lowest BCUT2D eigenvalue weighted by Crippen LogP contribution is -2.50. The summed E-state index contributed by atoms with van der Waals surface area (Å²) in [5.74, 6) is -3.83. The first-order valence-electron chi connectivity index (χ1n) is 13.9. The number of carboxylic acid groups (broad SMARTS) is 2. The highest BCUT2D eigenvalue weighted by molar-refractivity contribution is 8.00. The summed E-state index contributed by atoms with van der Waals surface area (Å²) in [4.78, 5) is 59.2. The molecule has 0 aromatic heterocycles. The van der Waals surface area contributed by atoms with Crippen molar-refractivity contribution in [2.75, 3.05) is 19.4 Å². The van der Waals surface area contributed by atoms with Crippen LogP contribution in [0.3, 0.4) is 0 Å². The molecular weight excluding hydrogens is 584 g/mol. The SMILES string of the molecule is COc1cc(CNC(=O)CCCCC(SCC(NC(=O)CCC(N)C(=O)O)C(=O)NCC(=O)O)C(O)C(C)C)ccc1O. The molecule has 0 spiro atoms. The van der Waals surface area contributed by atoms with E-state index in [1.54, 1.807) is 12.1 Å². The Morgan fingerprint density at radius 3 is 2.30 bits per heavy atom. The number of carbonyl (C=O) groups is 5. The van der Waals surface area contributed by atoms with Gasteiger partial charge in [-0.2, -0.15) is 11.8 Å². The fourth-order valence-electron chi connectivity index (χ4n) is 3.90. The molecule has 0 aliphatic heterocycles. The Balaban J connectivity index is 2.70. The topological polar surface area (TPSA) is 238 Å². The molecule has 0 fully saturated rings. The second-order valence-electron chi connectivity index (χ2n) is 10.4. The number of carbonyl (C=O) groups excluding carboxylic acids is 3. The van der Waals surface area contributed by atoms with Gasteiger partial charge in [0.05, 0.1) is 13.2 Å². The minimum absolute atomic E-state index is 0.00338. The molecule has 9 N–H and O–H groups in total. The quantitative estimate of drug-likeness (QED) is 0.0873. The van der Waals surface area contributed by atoms with Crippen LogP contribution in [-0.4, -0.2) is 92.9 Å². The summed E-state index contributed by atoms with van der Waals surface area (Å²) in [6.45, 7) is 3.29. The lowest BCUT2D eigenvalue weighted by molar-refractivity contribution is -0.139. The summed E-state index contributed by atoms with van der Waals surface area (Å²) in [6, 6.07) is 2.41. The number of rotatable bonds is 21. The number of amides is 3. The number of hydrogen-bond donors (Lipinski definition) is 8. The zero-order valence-corrected chi connectivity index (χ0v) is 25.5. The van der Waals surface area contributed by atoms with E-state index in [9.17, 15) is 34.2 Å². The summed E-state index contributed by atoms with van der Waals surface area (Å²) in [6.07, 6.45) is 0.739. The molecule has 43 heavy (non-hydrogen) atoms. The molecule has 14 nitrogen and oxygen atoms in total. The Hall–Kier alpha value is -3.56. The molecule has 0 aliphatic rings. The van der Waals surface area contributed by atoms with Gasteiger partial charge in [-0.25, -0.2) is 0 Å². The molecule has 0 saturated heterocycles. The van der Waals surface area contributed by atoms with E-state index in [0.29, 0.717) is 25.0 Å². The number of thioether (sulfide) groups is 1. The van der Waals surface area contributed by atoms with Gasteiger partial charge in [0.15, 0.2) is 11.5 Å². The third-order valence-electron chi connectivity index (χ3n) is 6.48. The first-order chi connectivity index (χ1) is 20.2. The number of unbranched alkanes of at least 4 members (excludes halogenated alkanes) is 1. The summed E-state index contributed by atoms with van der Waals surface area (Å²) in [7, 11) is 1.44. The second-order valence-corrected chi connectivity index (χ2v) is 11.6. The van der Waals surface area contributed by atoms with E-state index in [-0.39, 0.29) is 54.4 Å². The zero-order chi connectivity index (χ0) is 32.5. The normalized spacial score (nSPS) is 13.8. The third kappa shape index (κ3) is 14.9. The zero-order valence-electron chi connectivity index (χ0n) is 24.7. The number of aliphatic hydroxyl groups is 1. The number of phenols is 1. The van der Waals surface area contributed by atoms with Crippen LogP contribution in [0.4, 0.5) is 0 Å². The summed E-state index contributed by atoms with van der Waals surface area (Å²) in [5, 5.41) is 45.5. The largest absolute Gasteiger partial charge is 0.504 e. The fourth-order valence-corrected chi connectivity index (χ4v) is 5.42. The number of hydrogen-bond acceptors (Lipinski definition) is 10. The van der Waals surface area contributed by atoms with Gasteiger partial charge in [0, 0.05) is 30.4 Å². The van der Waals surface area contributed by atoms with Gasteiger partial charge >= 0.3 is 11.9 Å². The number of phenolic OH excluding ortho intramolecular Hbond substituents is 1. The average molecular weight is 629 g/mol. The number of aliphatic hydroxyl groups excluding tert-OH is 1. The molecule has 1 aromatic rings. The van der Waals surface area contributed by atoms with Crippen LogP contribution in [0.5, 0.6) is 11.5 Å². The van der Waals surface area contributed by atoms with Crippen molar-refractivity contribution in [3.05, 3.63) is 23.8 Å². The van der Waals surface area contributed by atoms with Gasteiger partial charge in [0.2, 0.25) is 17.7 Å². The van der Waals surface area contributed by atoms with Crippen LogP contribution in [-0.2, 0) is 30.5 Å². The molecule has 0 bridgehead atoms. The number of aliphatic carboxylic acids is 2. The van der Waals surface area contributed by atoms with Crippen LogP contribution < -0.4 is 26.4 Å². The van der Waals surface area contributed by atoms with Crippen molar-refractivity contribution in [2.45, 2.75) is 82.4 Å². The van der Waals surface area contributed by atoms with Crippen molar-refractivity contribution in [1.29, 1.82) is 0 Å². The smallest absolute Gasteiger partial charge is 0.322 e. The molecule has 242 valence electrons. The standard InChI is InChI=1S/C28H44N4O10S/c1-16(2)26(38)22(6-4-5-7-23(34)30-13-17-8-10-20(33)21(12-17)42-3)43-15-19(27(39)31-14-25(36)37)32-24(35)11-9-18(29)28(40)41/h8,10,12,16,18-19,22,26,33,38H,4-7,9,11,13-15,29H2,1-3H3,(H,30,34)(H,31,39)(H,32,35)(H,36,37)(H,40,41). The maximum Gasteiger partial charge on any atom is 0.322 e. The first-order valence-corrected chi connectivity index (χ1v) is 15.0. The minimum Gasteiger partial charge on any atom is -0.504 e. The van der Waals surface area contributed by atoms with Crippen LogP contribution in [0, 0.1) is 5.92 Å². The fraction of sp³-hybridized carbons (Fsp3) is 0.607. The van der Waals surface area contributed by atoms with Gasteiger partial charge in [0.25, 0.3) is 0 Å². The number of carboxylic acids is 2. The molecule has 1 aromatic carbocycles. The molecule has 4 unspecified atom stereocenters. The molecular formula is C28H44N4O10S. The molecule has 0 aliphatic carbocycles. The maximum atomic E-state index is 12.7. The van der Waals surface area contributed by atoms with E-state index >= 15 is 0 Å². The average Bonchev–Trinajstić information content (AvgIpc) is 2.96. The Morgan fingerprint density at radius 1 is 1.00 bits per heavy atom. The highest BCUT2D eigenvalue weighted by Gasteiger charge is 2.28. The second kappa shape index (κ2) is 19.6. The number of aromatic hydroxyl groups is 1. The number of benzene rings is 1. The minimum atomic E-state index is -1.27. The van der Waals surface area contributed by atoms with E-state index < -0.39 is 48.5 Å². The van der Waals surface area contributed by atoms with Crippen molar-refractivity contribution in [1.82, 2.24) is 16.0 Å². The number of nitrogens with one attached hydrogen (secondary N) is 3. The molecule has 0 radical (unpaired) electrons. The van der Waals surface area contributed by atoms with Crippen LogP contribution in [0.2, 0.25) is 0 Å². The predicted octanol–water partition coefficient (Wildman–Crippen LogP) is 0.574. The molecule has 0 heterocycles. The Bertz CT molecular complexity index is 1090. The van der Waals surface area contributed by atoms with E-state index in [0.717, 1.165) is 5.56 Å². The van der Waals surface area contributed by atoms with Crippen LogP contribution in [0.1, 0.15) is 57.9 Å². The number of methoxy groups -OCH3 is 1. The summed E-state index contributed by atoms with van der Waals surface area (Å²) < 4.78 is 5.07. The van der Waals surface area contributed by atoms with Crippen molar-refractivity contribution in [2.24, 2.45) is 11.7 Å². The van der Waals surface area contributed by atoms with Crippen LogP contribution in [0.25, 0.3) is 0 Å². The maximum absolute atomic E-state index is 12.7. The molecule has 4 atom stereocenters. The highest BCUT2D eigenvalue weighted by Crippen LogP contribution is 2.27. The molecule has 3 amide bonds. The van der Waals surface area contributed by atoms with Crippen molar-refractivity contribution < 1.29 is 49.1 Å². The monoisotopic (exact) mass is 628 g/mol. The van der Waals surface area contributed by atoms with Gasteiger partial charge in [-0.15, -0.1) is 0 Å². The highest BCUT2D eigenvalue weighted by atomic mass is 32.2. The molecule has 1 rings (SSSR count). The van der Waals surface area contributed by atoms with Gasteiger partial charge < -0.3 is 46.8 Å². The van der Waals surface area contributed by atoms with Crippen LogP contribution >= 0.6 is 11.8 Å². The third-order valence-corrected chi connectivity index (χ3v) is 7.95. The van der Waals surface area contributed by atoms with Gasteiger partial charge in [-0.3, -0.25) is 24.0 Å². The van der Waals surface area contributed by atoms with E-state index in [1.165, 1.54) is 24.9 Å². The molecule has 0 saturated carbocycles. The van der Waals surface area contributed by atoms with E-state index in [2.05, 4.69) is 16.0 Å². The van der Waals surface area contributed by atoms with Gasteiger partial charge in [-0.05, 0) is 42.9 Å². The summed E-state index contributed by atoms with van der Waals surface area (Å²) in [5.41, 5.74) is 6.20. The van der Waals surface area contributed by atoms with Gasteiger partial charge in [0.1, 0.15) is 18.6 Å². The lowest BCUT2D eigenvalue weighted by Gasteiger charge is -2.27. The predicted molar refractivity (Wildman–Crippen MR) is 159 cm³/mol. The van der Waals surface area contributed by atoms with Crippen LogP contribution in [0.15, 0.2) is 18.2 Å². The lowest BCUT2D eigenvalue weighted by atomic mass is 10.00. The van der Waals surface area contributed by atoms with E-state index in [1.807, 2.05) is 13.8 Å². The molecule has 15 heteroatoms. The number of ether oxygens (including phenoxy) is 1.